The molecule has 2 aliphatic rings. The van der Waals surface area contributed by atoms with Crippen molar-refractivity contribution < 1.29 is 23.9 Å². The first-order chi connectivity index (χ1) is 17.2. The summed E-state index contributed by atoms with van der Waals surface area (Å²) in [5.41, 5.74) is 1.52. The van der Waals surface area contributed by atoms with E-state index in [-0.39, 0.29) is 37.0 Å². The zero-order valence-corrected chi connectivity index (χ0v) is 20.9. The first-order valence-corrected chi connectivity index (χ1v) is 12.1. The molecule has 0 saturated carbocycles. The van der Waals surface area contributed by atoms with E-state index in [2.05, 4.69) is 20.9 Å². The second-order valence-electron chi connectivity index (χ2n) is 10.0. The van der Waals surface area contributed by atoms with Crippen molar-refractivity contribution in [1.29, 1.82) is 0 Å². The lowest BCUT2D eigenvalue weighted by Crippen LogP contribution is -2.45. The quantitative estimate of drug-likeness (QED) is 0.553. The minimum Gasteiger partial charge on any atom is -0.491 e. The number of aromatic nitrogens is 1. The molecule has 1 aromatic heterocycles. The second kappa shape index (κ2) is 10.9. The Balaban J connectivity index is 1.53. The van der Waals surface area contributed by atoms with Gasteiger partial charge in [0.15, 0.2) is 0 Å². The van der Waals surface area contributed by atoms with Gasteiger partial charge in [-0.25, -0.2) is 4.79 Å². The average molecular weight is 496 g/mol. The highest BCUT2D eigenvalue weighted by atomic mass is 16.6. The third-order valence-electron chi connectivity index (χ3n) is 5.93. The highest BCUT2D eigenvalue weighted by Crippen LogP contribution is 2.26. The van der Waals surface area contributed by atoms with Crippen LogP contribution in [-0.2, 0) is 9.53 Å². The van der Waals surface area contributed by atoms with Crippen molar-refractivity contribution in [1.82, 2.24) is 25.8 Å². The smallest absolute Gasteiger partial charge is 0.407 e. The van der Waals surface area contributed by atoms with Crippen LogP contribution in [0.3, 0.4) is 0 Å². The average Bonchev–Trinajstić information content (AvgIpc) is 3.23. The third kappa shape index (κ3) is 6.72. The van der Waals surface area contributed by atoms with Crippen LogP contribution in [0.15, 0.2) is 42.7 Å². The molecule has 2 aliphatic heterocycles. The molecule has 0 spiro atoms. The van der Waals surface area contributed by atoms with Gasteiger partial charge in [-0.05, 0) is 51.0 Å². The van der Waals surface area contributed by atoms with E-state index in [1.807, 2.05) is 24.3 Å². The topological polar surface area (TPSA) is 122 Å². The zero-order chi connectivity index (χ0) is 25.7. The molecule has 3 heterocycles. The predicted octanol–water partition coefficient (Wildman–Crippen LogP) is 1.95. The minimum atomic E-state index is -0.608. The molecule has 4 rings (SSSR count). The van der Waals surface area contributed by atoms with Crippen molar-refractivity contribution in [3.8, 4) is 16.9 Å². The molecule has 0 aliphatic carbocycles. The van der Waals surface area contributed by atoms with Crippen LogP contribution in [0.25, 0.3) is 11.1 Å². The standard InChI is InChI=1S/C26H33N5O5/c1-26(2,3)36-25(34)30-20-11-21-16-35-22-6-4-5-17(10-22)18-9-19(13-28-12-18)24(33)29-8-7-27-14-23(32)31(21)15-20/h4-6,9-10,12-13,20-21,27H,7-8,11,14-16H2,1-3H3,(H,29,33)(H,30,34)/t20-,21+/m1/s1. The second-order valence-corrected chi connectivity index (χ2v) is 10.0. The Hall–Kier alpha value is -3.66. The number of carbonyl (C=O) groups is 3. The molecule has 4 bridgehead atoms. The number of benzene rings is 1. The molecular formula is C26H33N5O5. The Labute approximate surface area is 210 Å². The molecule has 2 aromatic rings. The molecule has 36 heavy (non-hydrogen) atoms. The normalized spacial score (nSPS) is 21.0. The minimum absolute atomic E-state index is 0.0997. The van der Waals surface area contributed by atoms with Gasteiger partial charge in [-0.2, -0.15) is 0 Å². The van der Waals surface area contributed by atoms with E-state index in [1.165, 1.54) is 6.20 Å². The van der Waals surface area contributed by atoms with Gasteiger partial charge in [-0.15, -0.1) is 0 Å². The largest absolute Gasteiger partial charge is 0.491 e. The number of hydrogen-bond acceptors (Lipinski definition) is 7. The van der Waals surface area contributed by atoms with Crippen LogP contribution >= 0.6 is 0 Å². The molecule has 10 heteroatoms. The van der Waals surface area contributed by atoms with Crippen LogP contribution in [0.2, 0.25) is 0 Å². The van der Waals surface area contributed by atoms with Gasteiger partial charge in [0.1, 0.15) is 18.0 Å². The lowest BCUT2D eigenvalue weighted by atomic mass is 10.1. The molecule has 0 radical (unpaired) electrons. The lowest BCUT2D eigenvalue weighted by Gasteiger charge is -2.25. The van der Waals surface area contributed by atoms with Crippen molar-refractivity contribution in [3.05, 3.63) is 48.3 Å². The van der Waals surface area contributed by atoms with Crippen molar-refractivity contribution in [2.24, 2.45) is 0 Å². The Morgan fingerprint density at radius 1 is 1.14 bits per heavy atom. The van der Waals surface area contributed by atoms with Crippen LogP contribution < -0.4 is 20.7 Å². The summed E-state index contributed by atoms with van der Waals surface area (Å²) in [6.07, 6.45) is 3.27. The Bertz CT molecular complexity index is 1120. The maximum atomic E-state index is 13.0. The summed E-state index contributed by atoms with van der Waals surface area (Å²) in [6.45, 7) is 6.96. The van der Waals surface area contributed by atoms with E-state index in [9.17, 15) is 14.4 Å². The molecule has 10 nitrogen and oxygen atoms in total. The van der Waals surface area contributed by atoms with Crippen LogP contribution in [-0.4, -0.2) is 78.3 Å². The SMILES string of the molecule is CC(C)(C)OC(=O)N[C@@H]1C[C@H]2COc3cccc(c3)-c3cncc(c3)C(=O)NCCNCC(=O)N2C1. The zero-order valence-electron chi connectivity index (χ0n) is 20.9. The van der Waals surface area contributed by atoms with Gasteiger partial charge in [0.05, 0.1) is 24.2 Å². The van der Waals surface area contributed by atoms with Crippen molar-refractivity contribution in [2.45, 2.75) is 44.9 Å². The predicted molar refractivity (Wildman–Crippen MR) is 134 cm³/mol. The number of pyridine rings is 1. The van der Waals surface area contributed by atoms with E-state index < -0.39 is 11.7 Å². The summed E-state index contributed by atoms with van der Waals surface area (Å²) in [4.78, 5) is 43.9. The molecule has 1 saturated heterocycles. The first-order valence-electron chi connectivity index (χ1n) is 12.1. The maximum Gasteiger partial charge on any atom is 0.407 e. The van der Waals surface area contributed by atoms with Gasteiger partial charge in [0.2, 0.25) is 5.91 Å². The molecule has 2 atom stereocenters. The molecule has 192 valence electrons. The van der Waals surface area contributed by atoms with Crippen molar-refractivity contribution in [3.63, 3.8) is 0 Å². The van der Waals surface area contributed by atoms with Crippen LogP contribution in [0.1, 0.15) is 37.6 Å². The van der Waals surface area contributed by atoms with Gasteiger partial charge in [-0.1, -0.05) is 12.1 Å². The number of alkyl carbamates (subject to hydrolysis) is 1. The van der Waals surface area contributed by atoms with E-state index in [1.54, 1.807) is 37.9 Å². The fourth-order valence-electron chi connectivity index (χ4n) is 4.30. The van der Waals surface area contributed by atoms with Gasteiger partial charge in [0, 0.05) is 37.6 Å². The van der Waals surface area contributed by atoms with Crippen LogP contribution in [0.4, 0.5) is 4.79 Å². The monoisotopic (exact) mass is 495 g/mol. The van der Waals surface area contributed by atoms with Crippen molar-refractivity contribution in [2.75, 3.05) is 32.8 Å². The lowest BCUT2D eigenvalue weighted by molar-refractivity contribution is -0.131. The fourth-order valence-corrected chi connectivity index (χ4v) is 4.30. The number of nitrogens with one attached hydrogen (secondary N) is 3. The van der Waals surface area contributed by atoms with E-state index in [0.29, 0.717) is 37.4 Å². The molecule has 1 fully saturated rings. The summed E-state index contributed by atoms with van der Waals surface area (Å²) in [7, 11) is 0. The number of carbonyl (C=O) groups excluding carboxylic acids is 3. The number of amides is 3. The maximum absolute atomic E-state index is 13.0. The van der Waals surface area contributed by atoms with E-state index in [0.717, 1.165) is 11.1 Å². The molecular weight excluding hydrogens is 462 g/mol. The van der Waals surface area contributed by atoms with Gasteiger partial charge >= 0.3 is 6.09 Å². The van der Waals surface area contributed by atoms with Gasteiger partial charge in [-0.3, -0.25) is 14.6 Å². The van der Waals surface area contributed by atoms with Gasteiger partial charge < -0.3 is 30.3 Å². The first kappa shape index (κ1) is 25.4. The summed E-state index contributed by atoms with van der Waals surface area (Å²) in [5.74, 6) is 0.308. The van der Waals surface area contributed by atoms with E-state index in [4.69, 9.17) is 9.47 Å². The highest BCUT2D eigenvalue weighted by molar-refractivity contribution is 5.95. The number of ether oxygens (including phenoxy) is 2. The summed E-state index contributed by atoms with van der Waals surface area (Å²) in [5, 5.41) is 8.82. The van der Waals surface area contributed by atoms with Crippen LogP contribution in [0.5, 0.6) is 5.75 Å². The summed E-state index contributed by atoms with van der Waals surface area (Å²) in [6, 6.07) is 8.86. The number of rotatable bonds is 1. The Kier molecular flexibility index (Phi) is 7.73. The number of nitrogens with zero attached hydrogens (tertiary/aromatic N) is 2. The highest BCUT2D eigenvalue weighted by Gasteiger charge is 2.37. The Morgan fingerprint density at radius 3 is 2.75 bits per heavy atom. The number of fused-ring (bicyclic) bond motifs is 6. The third-order valence-corrected chi connectivity index (χ3v) is 5.93. The molecule has 0 unspecified atom stereocenters. The van der Waals surface area contributed by atoms with Gasteiger partial charge in [0.25, 0.3) is 5.91 Å². The van der Waals surface area contributed by atoms with E-state index >= 15 is 0 Å². The Morgan fingerprint density at radius 2 is 1.94 bits per heavy atom. The molecule has 3 N–H and O–H groups in total. The van der Waals surface area contributed by atoms with Crippen molar-refractivity contribution >= 4 is 17.9 Å². The summed E-state index contributed by atoms with van der Waals surface area (Å²) >= 11 is 0. The fraction of sp³-hybridized carbons (Fsp3) is 0.462. The molecule has 1 aromatic carbocycles. The molecule has 3 amide bonds. The summed E-state index contributed by atoms with van der Waals surface area (Å²) < 4.78 is 11.5. The van der Waals surface area contributed by atoms with Crippen LogP contribution in [0, 0.1) is 0 Å². The number of hydrogen-bond donors (Lipinski definition) is 3.